The number of Topliss-reactive ketones (excluding diaryl/α,β-unsaturated/α-hetero) is 1. The van der Waals surface area contributed by atoms with Gasteiger partial charge in [-0.05, 0) is 18.1 Å². The molecule has 126 valence electrons. The third kappa shape index (κ3) is 5.74. The summed E-state index contributed by atoms with van der Waals surface area (Å²) in [4.78, 5) is 28.7. The monoisotopic (exact) mass is 380 g/mol. The van der Waals surface area contributed by atoms with E-state index in [1.54, 1.807) is 12.1 Å². The highest BCUT2D eigenvalue weighted by atomic mass is 79.9. The molecule has 0 atom stereocenters. The minimum atomic E-state index is 0.0318. The van der Waals surface area contributed by atoms with Gasteiger partial charge in [-0.15, -0.1) is 0 Å². The van der Waals surface area contributed by atoms with Crippen LogP contribution in [0.1, 0.15) is 37.0 Å². The molecule has 0 radical (unpaired) electrons. The van der Waals surface area contributed by atoms with Crippen LogP contribution in [0.3, 0.4) is 0 Å². The normalized spacial score (nSPS) is 15.9. The quantitative estimate of drug-likeness (QED) is 0.711. The Hall–Kier alpha value is -1.20. The molecular formula is C18H25BrN2O2. The van der Waals surface area contributed by atoms with Crippen LogP contribution >= 0.6 is 15.9 Å². The molecule has 0 N–H and O–H groups in total. The Balaban J connectivity index is 1.75. The first-order valence-electron chi connectivity index (χ1n) is 8.24. The van der Waals surface area contributed by atoms with Crippen LogP contribution in [0.15, 0.2) is 28.7 Å². The Morgan fingerprint density at radius 3 is 2.22 bits per heavy atom. The van der Waals surface area contributed by atoms with Gasteiger partial charge >= 0.3 is 0 Å². The first-order chi connectivity index (χ1) is 11.0. The summed E-state index contributed by atoms with van der Waals surface area (Å²) in [6.45, 7) is 8.94. The molecule has 1 heterocycles. The van der Waals surface area contributed by atoms with Crippen molar-refractivity contribution in [2.45, 2.75) is 26.7 Å². The lowest BCUT2D eigenvalue weighted by Crippen LogP contribution is -2.49. The molecule has 0 aromatic heterocycles. The van der Waals surface area contributed by atoms with Crippen molar-refractivity contribution in [2.24, 2.45) is 5.92 Å². The number of benzene rings is 1. The lowest BCUT2D eigenvalue weighted by molar-refractivity contribution is -0.132. The van der Waals surface area contributed by atoms with E-state index in [9.17, 15) is 9.59 Å². The first-order valence-corrected chi connectivity index (χ1v) is 9.04. The van der Waals surface area contributed by atoms with Gasteiger partial charge in [-0.3, -0.25) is 14.5 Å². The molecule has 2 rings (SSSR count). The van der Waals surface area contributed by atoms with Crippen LogP contribution < -0.4 is 0 Å². The van der Waals surface area contributed by atoms with Crippen LogP contribution in [0.4, 0.5) is 0 Å². The van der Waals surface area contributed by atoms with Crippen LogP contribution in [-0.2, 0) is 4.79 Å². The zero-order valence-electron chi connectivity index (χ0n) is 13.9. The number of nitrogens with zero attached hydrogens (tertiary/aromatic N) is 2. The Kier molecular flexibility index (Phi) is 6.78. The lowest BCUT2D eigenvalue weighted by Gasteiger charge is -2.35. The minimum absolute atomic E-state index is 0.0318. The molecule has 4 nitrogen and oxygen atoms in total. The van der Waals surface area contributed by atoms with E-state index >= 15 is 0 Å². The lowest BCUT2D eigenvalue weighted by atomic mass is 10.1. The predicted molar refractivity (Wildman–Crippen MR) is 95.6 cm³/mol. The highest BCUT2D eigenvalue weighted by molar-refractivity contribution is 9.10. The maximum atomic E-state index is 12.3. The first kappa shape index (κ1) is 18.1. The number of ketones is 1. The molecule has 0 unspecified atom stereocenters. The largest absolute Gasteiger partial charge is 0.340 e. The van der Waals surface area contributed by atoms with Gasteiger partial charge in [0.25, 0.3) is 0 Å². The summed E-state index contributed by atoms with van der Waals surface area (Å²) >= 11 is 3.35. The third-order valence-corrected chi connectivity index (χ3v) is 4.61. The number of rotatable bonds is 6. The van der Waals surface area contributed by atoms with Crippen LogP contribution in [0, 0.1) is 5.92 Å². The number of carbonyl (C=O) groups is 2. The smallest absolute Gasteiger partial charge is 0.223 e. The standard InChI is InChI=1S/C18H25BrN2O2/c1-14(2)13-20-9-11-21(12-10-20)18(23)8-7-17(22)15-3-5-16(19)6-4-15/h3-6,14H,7-13H2,1-2H3. The molecule has 1 amide bonds. The Bertz CT molecular complexity index is 534. The van der Waals surface area contributed by atoms with Crippen molar-refractivity contribution < 1.29 is 9.59 Å². The Labute approximate surface area is 147 Å². The summed E-state index contributed by atoms with van der Waals surface area (Å²) in [5, 5.41) is 0. The highest BCUT2D eigenvalue weighted by Gasteiger charge is 2.21. The zero-order valence-corrected chi connectivity index (χ0v) is 15.5. The molecule has 0 spiro atoms. The molecule has 1 aromatic rings. The number of halogens is 1. The molecule has 1 aliphatic heterocycles. The van der Waals surface area contributed by atoms with E-state index in [2.05, 4.69) is 34.7 Å². The van der Waals surface area contributed by atoms with Crippen molar-refractivity contribution in [1.82, 2.24) is 9.80 Å². The summed E-state index contributed by atoms with van der Waals surface area (Å²) in [6, 6.07) is 7.29. The van der Waals surface area contributed by atoms with Crippen molar-refractivity contribution >= 4 is 27.6 Å². The van der Waals surface area contributed by atoms with Gasteiger partial charge in [-0.1, -0.05) is 41.9 Å². The van der Waals surface area contributed by atoms with E-state index in [0.29, 0.717) is 17.9 Å². The maximum absolute atomic E-state index is 12.3. The SMILES string of the molecule is CC(C)CN1CCN(C(=O)CCC(=O)c2ccc(Br)cc2)CC1. The molecule has 0 aliphatic carbocycles. The number of hydrogen-bond acceptors (Lipinski definition) is 3. The highest BCUT2D eigenvalue weighted by Crippen LogP contribution is 2.13. The zero-order chi connectivity index (χ0) is 16.8. The molecule has 23 heavy (non-hydrogen) atoms. The van der Waals surface area contributed by atoms with Crippen LogP contribution in [0.5, 0.6) is 0 Å². The van der Waals surface area contributed by atoms with Crippen molar-refractivity contribution in [3.8, 4) is 0 Å². The van der Waals surface area contributed by atoms with Crippen molar-refractivity contribution in [3.63, 3.8) is 0 Å². The van der Waals surface area contributed by atoms with Gasteiger partial charge in [0, 0.05) is 55.6 Å². The summed E-state index contributed by atoms with van der Waals surface area (Å²) in [5.74, 6) is 0.782. The van der Waals surface area contributed by atoms with E-state index in [1.807, 2.05) is 17.0 Å². The third-order valence-electron chi connectivity index (χ3n) is 4.08. The fraction of sp³-hybridized carbons (Fsp3) is 0.556. The molecule has 1 aromatic carbocycles. The molecule has 1 aliphatic rings. The molecule has 0 saturated carbocycles. The predicted octanol–water partition coefficient (Wildman–Crippen LogP) is 3.21. The number of hydrogen-bond donors (Lipinski definition) is 0. The molecular weight excluding hydrogens is 356 g/mol. The second-order valence-electron chi connectivity index (χ2n) is 6.51. The summed E-state index contributed by atoms with van der Waals surface area (Å²) < 4.78 is 0.949. The van der Waals surface area contributed by atoms with Gasteiger partial charge in [0.15, 0.2) is 5.78 Å². The van der Waals surface area contributed by atoms with Gasteiger partial charge in [0.2, 0.25) is 5.91 Å². The van der Waals surface area contributed by atoms with Crippen molar-refractivity contribution in [2.75, 3.05) is 32.7 Å². The number of piperazine rings is 1. The minimum Gasteiger partial charge on any atom is -0.340 e. The van der Waals surface area contributed by atoms with E-state index in [-0.39, 0.29) is 18.1 Å². The van der Waals surface area contributed by atoms with Gasteiger partial charge in [0.1, 0.15) is 0 Å². The van der Waals surface area contributed by atoms with Gasteiger partial charge in [-0.25, -0.2) is 0 Å². The fourth-order valence-corrected chi connectivity index (χ4v) is 3.12. The molecule has 1 saturated heterocycles. The number of amides is 1. The van der Waals surface area contributed by atoms with Crippen molar-refractivity contribution in [3.05, 3.63) is 34.3 Å². The Morgan fingerprint density at radius 1 is 1.04 bits per heavy atom. The van der Waals surface area contributed by atoms with Gasteiger partial charge < -0.3 is 4.90 Å². The second kappa shape index (κ2) is 8.60. The van der Waals surface area contributed by atoms with Crippen LogP contribution in [0.2, 0.25) is 0 Å². The molecule has 0 bridgehead atoms. The average molecular weight is 381 g/mol. The van der Waals surface area contributed by atoms with Gasteiger partial charge in [0.05, 0.1) is 0 Å². The van der Waals surface area contributed by atoms with Crippen LogP contribution in [0.25, 0.3) is 0 Å². The second-order valence-corrected chi connectivity index (χ2v) is 7.42. The van der Waals surface area contributed by atoms with Crippen molar-refractivity contribution in [1.29, 1.82) is 0 Å². The molecule has 1 fully saturated rings. The topological polar surface area (TPSA) is 40.6 Å². The summed E-state index contributed by atoms with van der Waals surface area (Å²) in [5.41, 5.74) is 0.669. The van der Waals surface area contributed by atoms with E-state index in [4.69, 9.17) is 0 Å². The summed E-state index contributed by atoms with van der Waals surface area (Å²) in [7, 11) is 0. The van der Waals surface area contributed by atoms with Gasteiger partial charge in [-0.2, -0.15) is 0 Å². The Morgan fingerprint density at radius 2 is 1.65 bits per heavy atom. The number of carbonyl (C=O) groups excluding carboxylic acids is 2. The van der Waals surface area contributed by atoms with E-state index in [1.165, 1.54) is 0 Å². The van der Waals surface area contributed by atoms with Crippen LogP contribution in [-0.4, -0.2) is 54.2 Å². The fourth-order valence-electron chi connectivity index (χ4n) is 2.85. The average Bonchev–Trinajstić information content (AvgIpc) is 2.53. The molecule has 5 heteroatoms. The maximum Gasteiger partial charge on any atom is 0.223 e. The summed E-state index contributed by atoms with van der Waals surface area (Å²) in [6.07, 6.45) is 0.589. The van der Waals surface area contributed by atoms with E-state index < -0.39 is 0 Å². The van der Waals surface area contributed by atoms with E-state index in [0.717, 1.165) is 37.2 Å².